The molecular weight excluding hydrogens is 190 g/mol. The molecule has 1 amide bonds. The third-order valence-corrected chi connectivity index (χ3v) is 2.31. The summed E-state index contributed by atoms with van der Waals surface area (Å²) in [6.45, 7) is 2.84. The fraction of sp³-hybridized carbons (Fsp3) is 0.727. The monoisotopic (exact) mass is 209 g/mol. The van der Waals surface area contributed by atoms with Crippen LogP contribution in [-0.2, 0) is 4.79 Å². The van der Waals surface area contributed by atoms with Crippen molar-refractivity contribution in [2.45, 2.75) is 38.3 Å². The van der Waals surface area contributed by atoms with Crippen LogP contribution in [0.2, 0.25) is 0 Å². The van der Waals surface area contributed by atoms with Gasteiger partial charge < -0.3 is 16.4 Å². The van der Waals surface area contributed by atoms with Crippen molar-refractivity contribution in [1.29, 1.82) is 0 Å². The first-order chi connectivity index (χ1) is 7.26. The topological polar surface area (TPSA) is 67.1 Å². The summed E-state index contributed by atoms with van der Waals surface area (Å²) in [6, 6.07) is 0.455. The number of nitrogens with two attached hydrogens (primary N) is 1. The molecule has 0 aromatic carbocycles. The molecule has 1 fully saturated rings. The second-order valence-corrected chi connectivity index (χ2v) is 3.79. The van der Waals surface area contributed by atoms with Gasteiger partial charge in [-0.15, -0.1) is 5.92 Å². The maximum Gasteiger partial charge on any atom is 0.221 e. The number of nitrogens with one attached hydrogen (secondary N) is 2. The number of amides is 1. The number of rotatable bonds is 6. The highest BCUT2D eigenvalue weighted by Gasteiger charge is 2.24. The number of hydrogen-bond acceptors (Lipinski definition) is 3. The van der Waals surface area contributed by atoms with Crippen LogP contribution in [0.1, 0.15) is 26.2 Å². The van der Waals surface area contributed by atoms with Crippen molar-refractivity contribution in [1.82, 2.24) is 10.6 Å². The summed E-state index contributed by atoms with van der Waals surface area (Å²) in [7, 11) is 0. The van der Waals surface area contributed by atoms with E-state index in [1.54, 1.807) is 6.92 Å². The van der Waals surface area contributed by atoms with Crippen molar-refractivity contribution >= 4 is 5.91 Å². The molecule has 0 bridgehead atoms. The number of carbonyl (C=O) groups excluding carboxylic acids is 1. The van der Waals surface area contributed by atoms with Crippen LogP contribution in [-0.4, -0.2) is 31.1 Å². The summed E-state index contributed by atoms with van der Waals surface area (Å²) in [5.41, 5.74) is 5.56. The molecule has 0 saturated heterocycles. The lowest BCUT2D eigenvalue weighted by molar-refractivity contribution is -0.121. The Hall–Kier alpha value is -1.05. The minimum Gasteiger partial charge on any atom is -0.353 e. The van der Waals surface area contributed by atoms with Gasteiger partial charge in [-0.05, 0) is 19.8 Å². The maximum atomic E-state index is 11.5. The van der Waals surface area contributed by atoms with E-state index in [4.69, 9.17) is 5.73 Å². The molecule has 4 N–H and O–H groups in total. The van der Waals surface area contributed by atoms with Crippen molar-refractivity contribution < 1.29 is 4.79 Å². The predicted molar refractivity (Wildman–Crippen MR) is 60.1 cm³/mol. The molecule has 0 aromatic heterocycles. The lowest BCUT2D eigenvalue weighted by Crippen LogP contribution is -2.41. The molecule has 0 spiro atoms. The van der Waals surface area contributed by atoms with E-state index in [9.17, 15) is 4.79 Å². The number of carbonyl (C=O) groups is 1. The first-order valence-electron chi connectivity index (χ1n) is 5.38. The Morgan fingerprint density at radius 1 is 1.60 bits per heavy atom. The molecule has 15 heavy (non-hydrogen) atoms. The highest BCUT2D eigenvalue weighted by molar-refractivity contribution is 5.77. The third kappa shape index (κ3) is 5.40. The molecular formula is C11H19N3O. The van der Waals surface area contributed by atoms with E-state index in [-0.39, 0.29) is 11.9 Å². The molecule has 0 radical (unpaired) electrons. The van der Waals surface area contributed by atoms with Crippen LogP contribution in [0.15, 0.2) is 0 Å². The van der Waals surface area contributed by atoms with Gasteiger partial charge >= 0.3 is 0 Å². The minimum atomic E-state index is 0.0320. The Morgan fingerprint density at radius 2 is 2.33 bits per heavy atom. The van der Waals surface area contributed by atoms with Crippen molar-refractivity contribution in [3.8, 4) is 11.8 Å². The fourth-order valence-electron chi connectivity index (χ4n) is 1.26. The number of hydrogen-bond donors (Lipinski definition) is 3. The molecule has 4 nitrogen and oxygen atoms in total. The zero-order chi connectivity index (χ0) is 11.1. The summed E-state index contributed by atoms with van der Waals surface area (Å²) in [5.74, 6) is 5.77. The van der Waals surface area contributed by atoms with Gasteiger partial charge in [0, 0.05) is 25.0 Å². The Morgan fingerprint density at radius 3 is 2.87 bits per heavy atom. The van der Waals surface area contributed by atoms with Crippen LogP contribution in [0.5, 0.6) is 0 Å². The van der Waals surface area contributed by atoms with Crippen molar-refractivity contribution in [3.05, 3.63) is 0 Å². The van der Waals surface area contributed by atoms with E-state index >= 15 is 0 Å². The average Bonchev–Trinajstić information content (AvgIpc) is 3.00. The minimum absolute atomic E-state index is 0.0320. The smallest absolute Gasteiger partial charge is 0.221 e. The first kappa shape index (κ1) is 12.0. The molecule has 1 aliphatic rings. The SMILES string of the molecule is CC#CCNC(CN)CC(=O)NC1CC1. The van der Waals surface area contributed by atoms with E-state index in [0.717, 1.165) is 12.8 Å². The van der Waals surface area contributed by atoms with Gasteiger partial charge in [0.05, 0.1) is 6.54 Å². The van der Waals surface area contributed by atoms with Gasteiger partial charge in [0.25, 0.3) is 0 Å². The average molecular weight is 209 g/mol. The highest BCUT2D eigenvalue weighted by Crippen LogP contribution is 2.18. The second-order valence-electron chi connectivity index (χ2n) is 3.79. The van der Waals surface area contributed by atoms with Crippen molar-refractivity contribution in [3.63, 3.8) is 0 Å². The summed E-state index contributed by atoms with van der Waals surface area (Å²) < 4.78 is 0. The molecule has 1 rings (SSSR count). The van der Waals surface area contributed by atoms with Crippen LogP contribution in [0.25, 0.3) is 0 Å². The summed E-state index contributed by atoms with van der Waals surface area (Å²) in [6.07, 6.45) is 2.68. The molecule has 1 unspecified atom stereocenters. The van der Waals surface area contributed by atoms with Gasteiger partial charge in [0.1, 0.15) is 0 Å². The van der Waals surface area contributed by atoms with Gasteiger partial charge in [-0.3, -0.25) is 4.79 Å². The quantitative estimate of drug-likeness (QED) is 0.521. The predicted octanol–water partition coefficient (Wildman–Crippen LogP) is -0.405. The summed E-state index contributed by atoms with van der Waals surface area (Å²) in [4.78, 5) is 11.5. The van der Waals surface area contributed by atoms with Gasteiger partial charge in [-0.25, -0.2) is 0 Å². The van der Waals surface area contributed by atoms with Crippen LogP contribution in [0.3, 0.4) is 0 Å². The standard InChI is InChI=1S/C11H19N3O/c1-2-3-6-13-10(8-12)7-11(15)14-9-4-5-9/h9-10,13H,4-8,12H2,1H3,(H,14,15). The molecule has 1 aliphatic carbocycles. The van der Waals surface area contributed by atoms with Crippen LogP contribution >= 0.6 is 0 Å². The third-order valence-electron chi connectivity index (χ3n) is 2.31. The van der Waals surface area contributed by atoms with Gasteiger partial charge in [-0.2, -0.15) is 0 Å². The lowest BCUT2D eigenvalue weighted by atomic mass is 10.2. The molecule has 0 heterocycles. The van der Waals surface area contributed by atoms with Gasteiger partial charge in [0.2, 0.25) is 5.91 Å². The molecule has 1 atom stereocenters. The lowest BCUT2D eigenvalue weighted by Gasteiger charge is -2.14. The van der Waals surface area contributed by atoms with Gasteiger partial charge in [-0.1, -0.05) is 5.92 Å². The van der Waals surface area contributed by atoms with E-state index < -0.39 is 0 Å². The van der Waals surface area contributed by atoms with E-state index in [1.165, 1.54) is 0 Å². The first-order valence-corrected chi connectivity index (χ1v) is 5.38. The molecule has 0 aromatic rings. The molecule has 84 valence electrons. The van der Waals surface area contributed by atoms with E-state index in [0.29, 0.717) is 25.6 Å². The fourth-order valence-corrected chi connectivity index (χ4v) is 1.26. The second kappa shape index (κ2) is 6.44. The molecule has 0 aliphatic heterocycles. The maximum absolute atomic E-state index is 11.5. The summed E-state index contributed by atoms with van der Waals surface area (Å²) >= 11 is 0. The van der Waals surface area contributed by atoms with Crippen molar-refractivity contribution in [2.24, 2.45) is 5.73 Å². The zero-order valence-corrected chi connectivity index (χ0v) is 9.18. The van der Waals surface area contributed by atoms with Gasteiger partial charge in [0.15, 0.2) is 0 Å². The Kier molecular flexibility index (Phi) is 5.16. The van der Waals surface area contributed by atoms with E-state index in [1.807, 2.05) is 0 Å². The largest absolute Gasteiger partial charge is 0.353 e. The Labute approximate surface area is 91.0 Å². The molecule has 1 saturated carbocycles. The van der Waals surface area contributed by atoms with Crippen LogP contribution in [0.4, 0.5) is 0 Å². The molecule has 4 heteroatoms. The van der Waals surface area contributed by atoms with Crippen LogP contribution < -0.4 is 16.4 Å². The highest BCUT2D eigenvalue weighted by atomic mass is 16.1. The zero-order valence-electron chi connectivity index (χ0n) is 9.18. The Balaban J connectivity index is 2.17. The Bertz CT molecular complexity index is 263. The normalized spacial score (nSPS) is 16.4. The van der Waals surface area contributed by atoms with E-state index in [2.05, 4.69) is 22.5 Å². The van der Waals surface area contributed by atoms with Crippen molar-refractivity contribution in [2.75, 3.05) is 13.1 Å². The van der Waals surface area contributed by atoms with Crippen LogP contribution in [0, 0.1) is 11.8 Å². The summed E-state index contributed by atoms with van der Waals surface area (Å²) in [5, 5.41) is 6.07.